The van der Waals surface area contributed by atoms with Gasteiger partial charge >= 0.3 is 0 Å². The van der Waals surface area contributed by atoms with Crippen molar-refractivity contribution in [1.82, 2.24) is 15.2 Å². The van der Waals surface area contributed by atoms with Crippen LogP contribution in [0, 0.1) is 0 Å². The summed E-state index contributed by atoms with van der Waals surface area (Å²) in [6, 6.07) is 19.5. The molecule has 2 fully saturated rings. The zero-order chi connectivity index (χ0) is 24.5. The Bertz CT molecular complexity index is 1320. The van der Waals surface area contributed by atoms with Gasteiger partial charge in [0, 0.05) is 31.7 Å². The van der Waals surface area contributed by atoms with Crippen LogP contribution in [0.3, 0.4) is 0 Å². The first-order chi connectivity index (χ1) is 17.7. The number of para-hydroxylation sites is 1. The number of aromatic amines is 1. The average molecular weight is 501 g/mol. The van der Waals surface area contributed by atoms with Gasteiger partial charge in [-0.25, -0.2) is 4.98 Å². The Morgan fingerprint density at radius 3 is 2.53 bits per heavy atom. The van der Waals surface area contributed by atoms with Crippen LogP contribution in [0.1, 0.15) is 43.4 Å². The number of thiophene rings is 1. The fourth-order valence-corrected chi connectivity index (χ4v) is 7.27. The number of nitrogen functional groups attached to an aromatic ring is 1. The second-order valence-electron chi connectivity index (χ2n) is 10.1. The molecule has 1 saturated carbocycles. The molecule has 1 aliphatic heterocycles. The fourth-order valence-electron chi connectivity index (χ4n) is 5.83. The molecule has 6 rings (SSSR count). The van der Waals surface area contributed by atoms with Crippen LogP contribution in [0.2, 0.25) is 0 Å². The summed E-state index contributed by atoms with van der Waals surface area (Å²) in [4.78, 5) is 13.2. The molecule has 4 aromatic rings. The topological polar surface area (TPSA) is 77.6 Å². The van der Waals surface area contributed by atoms with Gasteiger partial charge in [-0.1, -0.05) is 18.2 Å². The number of nitrogens with zero attached hydrogens (tertiary/aromatic N) is 2. The summed E-state index contributed by atoms with van der Waals surface area (Å²) < 4.78 is 6.00. The van der Waals surface area contributed by atoms with Crippen molar-refractivity contribution in [3.8, 4) is 21.9 Å². The number of piperazine rings is 1. The van der Waals surface area contributed by atoms with Crippen LogP contribution < -0.4 is 20.8 Å². The number of nitrogens with two attached hydrogens (primary N) is 1. The molecule has 0 spiro atoms. The maximum Gasteiger partial charge on any atom is 0.229 e. The van der Waals surface area contributed by atoms with E-state index in [2.05, 4.69) is 34.3 Å². The predicted molar refractivity (Wildman–Crippen MR) is 147 cm³/mol. The lowest BCUT2D eigenvalue weighted by molar-refractivity contribution is -0.363. The van der Waals surface area contributed by atoms with E-state index in [-0.39, 0.29) is 0 Å². The van der Waals surface area contributed by atoms with Gasteiger partial charge in [0.25, 0.3) is 0 Å². The highest BCUT2D eigenvalue weighted by Gasteiger charge is 2.32. The lowest BCUT2D eigenvalue weighted by Gasteiger charge is -2.41. The second kappa shape index (κ2) is 10.2. The molecule has 2 aliphatic rings. The highest BCUT2D eigenvalue weighted by molar-refractivity contribution is 7.17. The van der Waals surface area contributed by atoms with E-state index in [9.17, 15) is 0 Å². The van der Waals surface area contributed by atoms with Crippen molar-refractivity contribution in [2.24, 2.45) is 0 Å². The Hall–Kier alpha value is -3.00. The monoisotopic (exact) mass is 500 g/mol. The third-order valence-corrected chi connectivity index (χ3v) is 9.06. The second-order valence-corrected chi connectivity index (χ2v) is 11.2. The molecule has 36 heavy (non-hydrogen) atoms. The van der Waals surface area contributed by atoms with E-state index in [4.69, 9.17) is 15.5 Å². The number of nitrogens with one attached hydrogen (secondary N) is 2. The molecule has 6 nitrogen and oxygen atoms in total. The van der Waals surface area contributed by atoms with Crippen molar-refractivity contribution in [3.63, 3.8) is 0 Å². The van der Waals surface area contributed by atoms with Crippen molar-refractivity contribution in [1.29, 1.82) is 0 Å². The molecule has 3 heterocycles. The van der Waals surface area contributed by atoms with Gasteiger partial charge in [-0.05, 0) is 80.5 Å². The summed E-state index contributed by atoms with van der Waals surface area (Å²) in [5, 5.41) is 4.62. The van der Waals surface area contributed by atoms with Crippen LogP contribution in [0.25, 0.3) is 21.3 Å². The molecule has 1 aliphatic carbocycles. The largest absolute Gasteiger partial charge is 0.457 e. The Balaban J connectivity index is 1.25. The highest BCUT2D eigenvalue weighted by atomic mass is 32.1. The third kappa shape index (κ3) is 4.71. The first-order valence-corrected chi connectivity index (χ1v) is 13.9. The lowest BCUT2D eigenvalue weighted by atomic mass is 9.83. The van der Waals surface area contributed by atoms with Gasteiger partial charge in [0.15, 0.2) is 5.52 Å². The van der Waals surface area contributed by atoms with Crippen LogP contribution in [0.15, 0.2) is 60.9 Å². The molecule has 7 heteroatoms. The lowest BCUT2D eigenvalue weighted by Crippen LogP contribution is -2.53. The standard InChI is InChI=1S/C29H33N5OS/c1-19-17-34(16-15-31-19)22-11-7-21(8-12-22)28-26-25(29(30)33-18-32-26)27(36-28)20-9-13-24(14-10-20)35-23-5-3-2-4-6-23/h2-6,9-10,13-14,18-19,21-22,31H,7-8,11-12,15-17H2,1H3,(H2,30,32,33)/p+1/t19-,21?,22?/m0/s1. The summed E-state index contributed by atoms with van der Waals surface area (Å²) in [7, 11) is 0. The van der Waals surface area contributed by atoms with E-state index in [1.54, 1.807) is 6.33 Å². The van der Waals surface area contributed by atoms with Crippen LogP contribution in [0.4, 0.5) is 5.82 Å². The number of rotatable bonds is 5. The van der Waals surface area contributed by atoms with Crippen molar-refractivity contribution in [3.05, 3.63) is 65.8 Å². The molecule has 1 saturated heterocycles. The number of aromatic nitrogens is 2. The molecule has 2 aromatic heterocycles. The normalized spacial score (nSPS) is 23.1. The number of hydrogen-bond donors (Lipinski definition) is 2. The highest BCUT2D eigenvalue weighted by Crippen LogP contribution is 2.47. The molecule has 186 valence electrons. The van der Waals surface area contributed by atoms with Gasteiger partial charge in [0.2, 0.25) is 12.1 Å². The van der Waals surface area contributed by atoms with E-state index >= 15 is 0 Å². The van der Waals surface area contributed by atoms with E-state index in [1.807, 2.05) is 53.8 Å². The number of ether oxygens (including phenoxy) is 1. The van der Waals surface area contributed by atoms with Gasteiger partial charge < -0.3 is 15.8 Å². The van der Waals surface area contributed by atoms with E-state index in [0.29, 0.717) is 23.8 Å². The van der Waals surface area contributed by atoms with Gasteiger partial charge in [-0.3, -0.25) is 4.90 Å². The molecule has 0 bridgehead atoms. The smallest absolute Gasteiger partial charge is 0.229 e. The maximum absolute atomic E-state index is 6.48. The number of anilines is 1. The fraction of sp³-hybridized carbons (Fsp3) is 0.379. The summed E-state index contributed by atoms with van der Waals surface area (Å²) in [6.45, 7) is 5.74. The summed E-state index contributed by atoms with van der Waals surface area (Å²) in [5.41, 5.74) is 8.69. The Morgan fingerprint density at radius 2 is 1.78 bits per heavy atom. The van der Waals surface area contributed by atoms with Crippen LogP contribution in [-0.2, 0) is 0 Å². The zero-order valence-electron chi connectivity index (χ0n) is 20.7. The molecule has 2 aromatic carbocycles. The van der Waals surface area contributed by atoms with Crippen molar-refractivity contribution in [2.75, 3.05) is 25.4 Å². The quantitative estimate of drug-likeness (QED) is 0.380. The van der Waals surface area contributed by atoms with Crippen LogP contribution in [-0.4, -0.2) is 41.6 Å². The Morgan fingerprint density at radius 1 is 1.03 bits per heavy atom. The summed E-state index contributed by atoms with van der Waals surface area (Å²) in [6.07, 6.45) is 6.67. The van der Waals surface area contributed by atoms with Gasteiger partial charge in [-0.2, -0.15) is 0 Å². The van der Waals surface area contributed by atoms with Crippen LogP contribution in [0.5, 0.6) is 11.5 Å². The number of benzene rings is 2. The van der Waals surface area contributed by atoms with Gasteiger partial charge in [0.1, 0.15) is 16.9 Å². The minimum Gasteiger partial charge on any atom is -0.457 e. The van der Waals surface area contributed by atoms with Crippen LogP contribution >= 0.6 is 11.3 Å². The van der Waals surface area contributed by atoms with E-state index in [0.717, 1.165) is 34.5 Å². The molecule has 4 N–H and O–H groups in total. The first-order valence-electron chi connectivity index (χ1n) is 13.0. The van der Waals surface area contributed by atoms with E-state index < -0.39 is 0 Å². The first kappa shape index (κ1) is 23.4. The molecular formula is C29H34N5OS+. The number of hydrogen-bond acceptors (Lipinski definition) is 6. The number of H-pyrrole nitrogens is 1. The molecular weight excluding hydrogens is 466 g/mol. The maximum atomic E-state index is 6.48. The van der Waals surface area contributed by atoms with Crippen molar-refractivity contribution >= 4 is 28.1 Å². The minimum absolute atomic E-state index is 0.540. The van der Waals surface area contributed by atoms with Crippen molar-refractivity contribution in [2.45, 2.75) is 50.6 Å². The molecule has 0 radical (unpaired) electrons. The molecule has 0 amide bonds. The van der Waals surface area contributed by atoms with Gasteiger partial charge in [0.05, 0.1) is 9.75 Å². The minimum atomic E-state index is 0.540. The third-order valence-electron chi connectivity index (χ3n) is 7.67. The zero-order valence-corrected chi connectivity index (χ0v) is 21.6. The number of fused-ring (bicyclic) bond motifs is 1. The molecule has 1 atom stereocenters. The Labute approximate surface area is 216 Å². The summed E-state index contributed by atoms with van der Waals surface area (Å²) in [5.74, 6) is 2.88. The average Bonchev–Trinajstić information content (AvgIpc) is 3.31. The summed E-state index contributed by atoms with van der Waals surface area (Å²) >= 11 is 1.87. The molecule has 0 unspecified atom stereocenters. The van der Waals surface area contributed by atoms with Crippen molar-refractivity contribution < 1.29 is 9.72 Å². The van der Waals surface area contributed by atoms with E-state index in [1.165, 1.54) is 48.5 Å². The Kier molecular flexibility index (Phi) is 6.61. The van der Waals surface area contributed by atoms with Gasteiger partial charge in [-0.15, -0.1) is 16.3 Å². The SMILES string of the molecule is C[C@H]1CN(C2CCC(c3sc(-c4ccc(Oc5ccccc5)cc4)c4c(N)[nH+]cnc34)CC2)CCN1. The predicted octanol–water partition coefficient (Wildman–Crippen LogP) is 5.47.